The highest BCUT2D eigenvalue weighted by Gasteiger charge is 2.14. The maximum absolute atomic E-state index is 11.6. The molecule has 1 rings (SSSR count). The molecule has 1 heterocycles. The molecule has 0 saturated carbocycles. The summed E-state index contributed by atoms with van der Waals surface area (Å²) in [7, 11) is 1.59. The second-order valence-electron chi connectivity index (χ2n) is 4.22. The molecule has 1 aromatic heterocycles. The smallest absolute Gasteiger partial charge is 0.341 e. The number of esters is 1. The molecule has 0 aliphatic carbocycles. The van der Waals surface area contributed by atoms with E-state index in [1.165, 1.54) is 6.20 Å². The van der Waals surface area contributed by atoms with Gasteiger partial charge < -0.3 is 19.9 Å². The molecule has 20 heavy (non-hydrogen) atoms. The van der Waals surface area contributed by atoms with Crippen LogP contribution in [0.5, 0.6) is 0 Å². The van der Waals surface area contributed by atoms with Gasteiger partial charge in [-0.2, -0.15) is 0 Å². The van der Waals surface area contributed by atoms with Crippen molar-refractivity contribution in [3.8, 4) is 0 Å². The van der Waals surface area contributed by atoms with E-state index < -0.39 is 5.97 Å². The number of nitrogens with one attached hydrogen (secondary N) is 1. The van der Waals surface area contributed by atoms with Crippen LogP contribution in [0.4, 0.5) is 5.95 Å². The number of aryl methyl sites for hydroxylation is 1. The van der Waals surface area contributed by atoms with Crippen molar-refractivity contribution in [1.82, 2.24) is 9.97 Å². The van der Waals surface area contributed by atoms with Crippen LogP contribution in [-0.2, 0) is 9.47 Å². The van der Waals surface area contributed by atoms with Crippen molar-refractivity contribution in [2.75, 3.05) is 32.2 Å². The summed E-state index contributed by atoms with van der Waals surface area (Å²) in [5.41, 5.74) is 0.893. The third-order valence-corrected chi connectivity index (χ3v) is 2.65. The van der Waals surface area contributed by atoms with Gasteiger partial charge in [-0.3, -0.25) is 0 Å². The number of carbonyl (C=O) groups excluding carboxylic acids is 1. The second-order valence-corrected chi connectivity index (χ2v) is 4.22. The van der Waals surface area contributed by atoms with E-state index in [9.17, 15) is 4.79 Å². The van der Waals surface area contributed by atoms with Crippen molar-refractivity contribution in [2.45, 2.75) is 26.3 Å². The number of anilines is 1. The Morgan fingerprint density at radius 2 is 2.30 bits per heavy atom. The third-order valence-electron chi connectivity index (χ3n) is 2.65. The van der Waals surface area contributed by atoms with Crippen LogP contribution in [-0.4, -0.2) is 54.0 Å². The van der Waals surface area contributed by atoms with Gasteiger partial charge in [-0.15, -0.1) is 0 Å². The molecule has 0 aromatic carbocycles. The van der Waals surface area contributed by atoms with Crippen LogP contribution >= 0.6 is 0 Å². The van der Waals surface area contributed by atoms with E-state index in [1.807, 2.05) is 0 Å². The highest BCUT2D eigenvalue weighted by molar-refractivity contribution is 5.90. The van der Waals surface area contributed by atoms with Crippen LogP contribution in [0, 0.1) is 6.92 Å². The number of aromatic nitrogens is 2. The molecule has 0 saturated heterocycles. The van der Waals surface area contributed by atoms with Crippen LogP contribution in [0.3, 0.4) is 0 Å². The number of nitrogens with zero attached hydrogens (tertiary/aromatic N) is 2. The third kappa shape index (κ3) is 4.75. The first kappa shape index (κ1) is 16.3. The van der Waals surface area contributed by atoms with E-state index in [1.54, 1.807) is 21.0 Å². The Morgan fingerprint density at radius 3 is 2.85 bits per heavy atom. The summed E-state index contributed by atoms with van der Waals surface area (Å²) in [6.07, 6.45) is 1.96. The minimum absolute atomic E-state index is 0.0426. The Balaban J connectivity index is 2.77. The lowest BCUT2D eigenvalue weighted by atomic mass is 10.2. The first-order valence-corrected chi connectivity index (χ1v) is 6.49. The lowest BCUT2D eigenvalue weighted by Crippen LogP contribution is -2.27. The predicted octanol–water partition coefficient (Wildman–Crippen LogP) is 0.771. The number of aliphatic hydroxyl groups excluding tert-OH is 1. The minimum Gasteiger partial charge on any atom is -0.462 e. The van der Waals surface area contributed by atoms with Gasteiger partial charge >= 0.3 is 5.97 Å². The van der Waals surface area contributed by atoms with E-state index in [-0.39, 0.29) is 12.6 Å². The number of ether oxygens (including phenoxy) is 2. The van der Waals surface area contributed by atoms with Crippen molar-refractivity contribution in [3.63, 3.8) is 0 Å². The molecule has 0 bridgehead atoms. The minimum atomic E-state index is -0.430. The number of carbonyl (C=O) groups is 1. The molecule has 112 valence electrons. The maximum atomic E-state index is 11.6. The number of rotatable bonds is 8. The van der Waals surface area contributed by atoms with Crippen LogP contribution in [0.1, 0.15) is 29.4 Å². The Morgan fingerprint density at radius 1 is 1.55 bits per heavy atom. The van der Waals surface area contributed by atoms with Crippen molar-refractivity contribution >= 4 is 11.9 Å². The first-order valence-electron chi connectivity index (χ1n) is 6.49. The SMILES string of the molecule is CCOC(=O)c1cnc(NC(CCO)COC)nc1C. The van der Waals surface area contributed by atoms with Gasteiger partial charge in [0.05, 0.1) is 30.5 Å². The molecule has 0 aliphatic heterocycles. The normalized spacial score (nSPS) is 12.0. The summed E-state index contributed by atoms with van der Waals surface area (Å²) in [5.74, 6) is -0.0357. The fourth-order valence-corrected chi connectivity index (χ4v) is 1.68. The fraction of sp³-hybridized carbons (Fsp3) is 0.615. The molecule has 2 N–H and O–H groups in total. The Hall–Kier alpha value is -1.73. The average molecular weight is 283 g/mol. The molecular weight excluding hydrogens is 262 g/mol. The molecule has 7 nitrogen and oxygen atoms in total. The molecule has 0 amide bonds. The Bertz CT molecular complexity index is 434. The molecule has 0 fully saturated rings. The largest absolute Gasteiger partial charge is 0.462 e. The van der Waals surface area contributed by atoms with Gasteiger partial charge in [0.25, 0.3) is 0 Å². The first-order chi connectivity index (χ1) is 9.62. The van der Waals surface area contributed by atoms with Crippen LogP contribution in [0.25, 0.3) is 0 Å². The Kier molecular flexibility index (Phi) is 6.89. The van der Waals surface area contributed by atoms with Crippen molar-refractivity contribution in [1.29, 1.82) is 0 Å². The van der Waals surface area contributed by atoms with E-state index in [0.29, 0.717) is 36.8 Å². The van der Waals surface area contributed by atoms with Crippen molar-refractivity contribution < 1.29 is 19.4 Å². The highest BCUT2D eigenvalue weighted by Crippen LogP contribution is 2.10. The van der Waals surface area contributed by atoms with Gasteiger partial charge in [0, 0.05) is 19.9 Å². The summed E-state index contributed by atoms with van der Waals surface area (Å²) in [4.78, 5) is 19.9. The standard InChI is InChI=1S/C13H21N3O4/c1-4-20-12(18)11-7-14-13(15-9(11)2)16-10(5-6-17)8-19-3/h7,10,17H,4-6,8H2,1-3H3,(H,14,15,16). The average Bonchev–Trinajstić information content (AvgIpc) is 2.39. The molecule has 0 spiro atoms. The van der Waals surface area contributed by atoms with Crippen LogP contribution < -0.4 is 5.32 Å². The summed E-state index contributed by atoms with van der Waals surface area (Å²) >= 11 is 0. The van der Waals surface area contributed by atoms with E-state index in [2.05, 4.69) is 15.3 Å². The number of aliphatic hydroxyl groups is 1. The van der Waals surface area contributed by atoms with Crippen molar-refractivity contribution in [3.05, 3.63) is 17.5 Å². The van der Waals surface area contributed by atoms with Crippen molar-refractivity contribution in [2.24, 2.45) is 0 Å². The van der Waals surface area contributed by atoms with Crippen LogP contribution in [0.15, 0.2) is 6.20 Å². The van der Waals surface area contributed by atoms with E-state index in [0.717, 1.165) is 0 Å². The van der Waals surface area contributed by atoms with Gasteiger partial charge in [-0.1, -0.05) is 0 Å². The van der Waals surface area contributed by atoms with Gasteiger partial charge in [-0.25, -0.2) is 14.8 Å². The van der Waals surface area contributed by atoms with Gasteiger partial charge in [0.15, 0.2) is 0 Å². The molecular formula is C13H21N3O4. The predicted molar refractivity (Wildman–Crippen MR) is 73.7 cm³/mol. The molecule has 1 atom stereocenters. The molecule has 1 aromatic rings. The summed E-state index contributed by atoms with van der Waals surface area (Å²) in [6, 6.07) is -0.0853. The lowest BCUT2D eigenvalue weighted by molar-refractivity contribution is 0.0524. The Labute approximate surface area is 118 Å². The topological polar surface area (TPSA) is 93.6 Å². The van der Waals surface area contributed by atoms with Gasteiger partial charge in [0.1, 0.15) is 0 Å². The van der Waals surface area contributed by atoms with E-state index >= 15 is 0 Å². The second kappa shape index (κ2) is 8.44. The quantitative estimate of drug-likeness (QED) is 0.680. The van der Waals surface area contributed by atoms with Crippen LogP contribution in [0.2, 0.25) is 0 Å². The lowest BCUT2D eigenvalue weighted by Gasteiger charge is -2.17. The highest BCUT2D eigenvalue weighted by atomic mass is 16.5. The molecule has 7 heteroatoms. The zero-order chi connectivity index (χ0) is 15.0. The fourth-order valence-electron chi connectivity index (χ4n) is 1.68. The summed E-state index contributed by atoms with van der Waals surface area (Å²) in [5, 5.41) is 12.0. The molecule has 1 unspecified atom stereocenters. The zero-order valence-electron chi connectivity index (χ0n) is 12.0. The zero-order valence-corrected chi connectivity index (χ0v) is 12.0. The monoisotopic (exact) mass is 283 g/mol. The van der Waals surface area contributed by atoms with E-state index in [4.69, 9.17) is 14.6 Å². The van der Waals surface area contributed by atoms with Gasteiger partial charge in [0.2, 0.25) is 5.95 Å². The number of hydrogen-bond donors (Lipinski definition) is 2. The van der Waals surface area contributed by atoms with Gasteiger partial charge in [-0.05, 0) is 20.3 Å². The number of hydrogen-bond acceptors (Lipinski definition) is 7. The number of methoxy groups -OCH3 is 1. The summed E-state index contributed by atoms with van der Waals surface area (Å²) in [6.45, 7) is 4.25. The molecule has 0 aliphatic rings. The summed E-state index contributed by atoms with van der Waals surface area (Å²) < 4.78 is 9.96. The molecule has 0 radical (unpaired) electrons. The maximum Gasteiger partial charge on any atom is 0.341 e.